The molecule has 1 atom stereocenters. The lowest BCUT2D eigenvalue weighted by Gasteiger charge is -2.34. The first-order valence-electron chi connectivity index (χ1n) is 9.34. The highest BCUT2D eigenvalue weighted by molar-refractivity contribution is 5.49. The van der Waals surface area contributed by atoms with Crippen LogP contribution in [0.25, 0.3) is 0 Å². The smallest absolute Gasteiger partial charge is 0.232 e. The number of nitrogens with one attached hydrogen (secondary N) is 1. The highest BCUT2D eigenvalue weighted by Crippen LogP contribution is 2.22. The Kier molecular flexibility index (Phi) is 5.47. The van der Waals surface area contributed by atoms with Crippen LogP contribution in [0.1, 0.15) is 12.8 Å². The maximum atomic E-state index is 5.42. The van der Waals surface area contributed by atoms with Gasteiger partial charge in [0.2, 0.25) is 5.88 Å². The summed E-state index contributed by atoms with van der Waals surface area (Å²) in [6.45, 7) is 5.05. The molecule has 27 heavy (non-hydrogen) atoms. The van der Waals surface area contributed by atoms with Crippen LogP contribution in [-0.4, -0.2) is 72.5 Å². The Morgan fingerprint density at radius 1 is 1.04 bits per heavy atom. The number of hydrogen-bond acceptors (Lipinski definition) is 9. The third-order valence-electron chi connectivity index (χ3n) is 4.91. The molecule has 0 amide bonds. The molecule has 2 aromatic rings. The van der Waals surface area contributed by atoms with E-state index < -0.39 is 0 Å². The summed E-state index contributed by atoms with van der Waals surface area (Å²) in [4.78, 5) is 22.0. The molecule has 2 aliphatic rings. The average molecular weight is 371 g/mol. The third-order valence-corrected chi connectivity index (χ3v) is 4.91. The molecule has 4 heterocycles. The highest BCUT2D eigenvalue weighted by Gasteiger charge is 2.22. The van der Waals surface area contributed by atoms with E-state index in [1.807, 2.05) is 6.07 Å². The van der Waals surface area contributed by atoms with E-state index in [1.54, 1.807) is 25.8 Å². The molecule has 0 spiro atoms. The van der Waals surface area contributed by atoms with E-state index in [-0.39, 0.29) is 0 Å². The molecule has 0 saturated carbocycles. The number of piperidine rings is 1. The van der Waals surface area contributed by atoms with E-state index in [1.165, 1.54) is 0 Å². The summed E-state index contributed by atoms with van der Waals surface area (Å²) in [5, 5.41) is 3.56. The van der Waals surface area contributed by atoms with E-state index in [9.17, 15) is 0 Å². The summed E-state index contributed by atoms with van der Waals surface area (Å²) in [6, 6.07) is 2.33. The van der Waals surface area contributed by atoms with Gasteiger partial charge in [-0.3, -0.25) is 0 Å². The molecule has 1 N–H and O–H groups in total. The number of hydrogen-bond donors (Lipinski definition) is 1. The number of aromatic nitrogens is 4. The van der Waals surface area contributed by atoms with Crippen LogP contribution in [0.4, 0.5) is 17.5 Å². The average Bonchev–Trinajstić information content (AvgIpc) is 2.75. The van der Waals surface area contributed by atoms with E-state index in [2.05, 4.69) is 35.1 Å². The Morgan fingerprint density at radius 2 is 1.93 bits per heavy atom. The monoisotopic (exact) mass is 371 g/mol. The van der Waals surface area contributed by atoms with Crippen molar-refractivity contribution in [3.8, 4) is 5.88 Å². The van der Waals surface area contributed by atoms with Crippen molar-refractivity contribution in [2.75, 3.05) is 61.6 Å². The second-order valence-corrected chi connectivity index (χ2v) is 6.71. The minimum atomic E-state index is 0.301. The Balaban J connectivity index is 1.40. The van der Waals surface area contributed by atoms with Crippen molar-refractivity contribution >= 4 is 17.5 Å². The van der Waals surface area contributed by atoms with Gasteiger partial charge in [0.15, 0.2) is 0 Å². The summed E-state index contributed by atoms with van der Waals surface area (Å²) in [5.41, 5.74) is 0. The first kappa shape index (κ1) is 17.7. The topological polar surface area (TPSA) is 88.5 Å². The number of rotatable bonds is 5. The molecular formula is C18H25N7O2. The SMILES string of the molecule is COc1cnc(N2CCC[C@@H](Nc3cc(N4CCOCC4)ncn3)C2)cn1. The van der Waals surface area contributed by atoms with Gasteiger partial charge in [-0.1, -0.05) is 0 Å². The fourth-order valence-electron chi connectivity index (χ4n) is 3.48. The zero-order chi connectivity index (χ0) is 18.5. The van der Waals surface area contributed by atoms with E-state index in [4.69, 9.17) is 9.47 Å². The molecule has 9 nitrogen and oxygen atoms in total. The number of ether oxygens (including phenoxy) is 2. The van der Waals surface area contributed by atoms with Crippen LogP contribution in [0.15, 0.2) is 24.8 Å². The summed E-state index contributed by atoms with van der Waals surface area (Å²) in [6.07, 6.45) is 7.24. The van der Waals surface area contributed by atoms with Crippen molar-refractivity contribution in [1.82, 2.24) is 19.9 Å². The quantitative estimate of drug-likeness (QED) is 0.832. The van der Waals surface area contributed by atoms with Crippen molar-refractivity contribution in [3.63, 3.8) is 0 Å². The van der Waals surface area contributed by atoms with E-state index in [0.717, 1.165) is 69.7 Å². The van der Waals surface area contributed by atoms with Crippen molar-refractivity contribution in [3.05, 3.63) is 24.8 Å². The van der Waals surface area contributed by atoms with Crippen molar-refractivity contribution in [2.45, 2.75) is 18.9 Å². The predicted molar refractivity (Wildman–Crippen MR) is 103 cm³/mol. The maximum Gasteiger partial charge on any atom is 0.232 e. The number of anilines is 3. The number of morpholine rings is 1. The summed E-state index contributed by atoms with van der Waals surface area (Å²) in [7, 11) is 1.59. The number of methoxy groups -OCH3 is 1. The fourth-order valence-corrected chi connectivity index (χ4v) is 3.48. The van der Waals surface area contributed by atoms with E-state index >= 15 is 0 Å². The molecule has 4 rings (SSSR count). The predicted octanol–water partition coefficient (Wildman–Crippen LogP) is 1.19. The first-order chi connectivity index (χ1) is 13.3. The molecular weight excluding hydrogens is 346 g/mol. The lowest BCUT2D eigenvalue weighted by atomic mass is 10.1. The van der Waals surface area contributed by atoms with Gasteiger partial charge >= 0.3 is 0 Å². The molecule has 2 saturated heterocycles. The Labute approximate surface area is 158 Å². The molecule has 0 bridgehead atoms. The van der Waals surface area contributed by atoms with Gasteiger partial charge in [0, 0.05) is 38.3 Å². The highest BCUT2D eigenvalue weighted by atomic mass is 16.5. The number of nitrogens with zero attached hydrogens (tertiary/aromatic N) is 6. The first-order valence-corrected chi connectivity index (χ1v) is 9.34. The maximum absolute atomic E-state index is 5.42. The standard InChI is InChI=1S/C18H25N7O2/c1-26-18-11-19-17(10-20-18)25-4-2-3-14(12-25)23-15-9-16(22-13-21-15)24-5-7-27-8-6-24/h9-11,13-14H,2-8,12H2,1H3,(H,21,22,23)/t14-/m1/s1. The molecule has 2 aromatic heterocycles. The normalized spacial score (nSPS) is 20.4. The summed E-state index contributed by atoms with van der Waals surface area (Å²) < 4.78 is 10.5. The van der Waals surface area contributed by atoms with Crippen LogP contribution in [0.2, 0.25) is 0 Å². The van der Waals surface area contributed by atoms with Gasteiger partial charge in [0.25, 0.3) is 0 Å². The van der Waals surface area contributed by atoms with Crippen molar-refractivity contribution < 1.29 is 9.47 Å². The van der Waals surface area contributed by atoms with Gasteiger partial charge in [-0.25, -0.2) is 19.9 Å². The van der Waals surface area contributed by atoms with Crippen LogP contribution in [0.5, 0.6) is 5.88 Å². The van der Waals surface area contributed by atoms with Gasteiger partial charge in [-0.2, -0.15) is 0 Å². The molecule has 2 aliphatic heterocycles. The van der Waals surface area contributed by atoms with Crippen LogP contribution >= 0.6 is 0 Å². The van der Waals surface area contributed by atoms with Crippen LogP contribution in [0.3, 0.4) is 0 Å². The second-order valence-electron chi connectivity index (χ2n) is 6.71. The van der Waals surface area contributed by atoms with E-state index in [0.29, 0.717) is 11.9 Å². The largest absolute Gasteiger partial charge is 0.480 e. The molecule has 9 heteroatoms. The summed E-state index contributed by atoms with van der Waals surface area (Å²) in [5.74, 6) is 3.21. The van der Waals surface area contributed by atoms with Gasteiger partial charge in [-0.15, -0.1) is 0 Å². The zero-order valence-electron chi connectivity index (χ0n) is 15.5. The minimum absolute atomic E-state index is 0.301. The summed E-state index contributed by atoms with van der Waals surface area (Å²) >= 11 is 0. The van der Waals surface area contributed by atoms with Gasteiger partial charge in [0.1, 0.15) is 23.8 Å². The van der Waals surface area contributed by atoms with Crippen molar-refractivity contribution in [1.29, 1.82) is 0 Å². The third kappa shape index (κ3) is 4.36. The Bertz CT molecular complexity index is 737. The van der Waals surface area contributed by atoms with Crippen LogP contribution in [0, 0.1) is 0 Å². The lowest BCUT2D eigenvalue weighted by Crippen LogP contribution is -2.42. The molecule has 0 radical (unpaired) electrons. The van der Waals surface area contributed by atoms with Gasteiger partial charge < -0.3 is 24.6 Å². The van der Waals surface area contributed by atoms with Crippen molar-refractivity contribution in [2.24, 2.45) is 0 Å². The lowest BCUT2D eigenvalue weighted by molar-refractivity contribution is 0.122. The minimum Gasteiger partial charge on any atom is -0.480 e. The second kappa shape index (κ2) is 8.34. The fraction of sp³-hybridized carbons (Fsp3) is 0.556. The van der Waals surface area contributed by atoms with Gasteiger partial charge in [0.05, 0.1) is 32.7 Å². The van der Waals surface area contributed by atoms with Gasteiger partial charge in [-0.05, 0) is 12.8 Å². The molecule has 0 aromatic carbocycles. The zero-order valence-corrected chi connectivity index (χ0v) is 15.5. The Hall–Kier alpha value is -2.68. The molecule has 2 fully saturated rings. The molecule has 144 valence electrons. The van der Waals surface area contributed by atoms with Crippen LogP contribution in [-0.2, 0) is 4.74 Å². The molecule has 0 unspecified atom stereocenters. The Morgan fingerprint density at radius 3 is 2.70 bits per heavy atom. The van der Waals surface area contributed by atoms with Crippen LogP contribution < -0.4 is 19.9 Å². The molecule has 0 aliphatic carbocycles.